The zero-order chi connectivity index (χ0) is 27.0. The van der Waals surface area contributed by atoms with Crippen molar-refractivity contribution in [3.8, 4) is 5.75 Å². The topological polar surface area (TPSA) is 117 Å². The van der Waals surface area contributed by atoms with Crippen molar-refractivity contribution in [2.24, 2.45) is 5.10 Å². The summed E-state index contributed by atoms with van der Waals surface area (Å²) in [6, 6.07) is 21.3. The van der Waals surface area contributed by atoms with Gasteiger partial charge in [0.1, 0.15) is 11.8 Å². The minimum absolute atomic E-state index is 0.246. The predicted octanol–water partition coefficient (Wildman–Crippen LogP) is 4.03. The van der Waals surface area contributed by atoms with Crippen molar-refractivity contribution < 1.29 is 22.7 Å². The first kappa shape index (κ1) is 27.4. The Morgan fingerprint density at radius 3 is 2.24 bits per heavy atom. The zero-order valence-corrected chi connectivity index (χ0v) is 22.0. The lowest BCUT2D eigenvalue weighted by Crippen LogP contribution is -2.46. The molecule has 0 unspecified atom stereocenters. The molecule has 0 fully saturated rings. The van der Waals surface area contributed by atoms with E-state index in [2.05, 4.69) is 15.8 Å². The highest BCUT2D eigenvalue weighted by atomic mass is 32.2. The molecule has 0 bridgehead atoms. The summed E-state index contributed by atoms with van der Waals surface area (Å²) in [6.07, 6.45) is 1.04. The van der Waals surface area contributed by atoms with Gasteiger partial charge in [0.25, 0.3) is 11.8 Å². The van der Waals surface area contributed by atoms with Crippen molar-refractivity contribution >= 4 is 38.9 Å². The third kappa shape index (κ3) is 7.40. The van der Waals surface area contributed by atoms with E-state index in [1.165, 1.54) is 6.92 Å². The molecule has 3 aromatic rings. The summed E-state index contributed by atoms with van der Waals surface area (Å²) in [6.45, 7) is 5.51. The molecule has 3 aromatic carbocycles. The Labute approximate surface area is 217 Å². The average molecular weight is 523 g/mol. The molecule has 37 heavy (non-hydrogen) atoms. The quantitative estimate of drug-likeness (QED) is 0.308. The van der Waals surface area contributed by atoms with Crippen molar-refractivity contribution in [2.45, 2.75) is 26.8 Å². The normalized spacial score (nSPS) is 12.4. The SMILES string of the molecule is CCOc1ccc(N([C@@H](C)C(=O)N/N=C(/C)c2cccc(NC(=O)c3ccccc3)c2)S(C)(=O)=O)cc1. The lowest BCUT2D eigenvalue weighted by Gasteiger charge is -2.27. The van der Waals surface area contributed by atoms with E-state index in [0.29, 0.717) is 40.6 Å². The van der Waals surface area contributed by atoms with Gasteiger partial charge in [-0.3, -0.25) is 13.9 Å². The smallest absolute Gasteiger partial charge is 0.263 e. The van der Waals surface area contributed by atoms with Crippen LogP contribution in [0.4, 0.5) is 11.4 Å². The van der Waals surface area contributed by atoms with E-state index in [4.69, 9.17) is 4.74 Å². The summed E-state index contributed by atoms with van der Waals surface area (Å²) < 4.78 is 31.5. The first-order chi connectivity index (χ1) is 17.6. The van der Waals surface area contributed by atoms with Gasteiger partial charge in [0, 0.05) is 11.3 Å². The van der Waals surface area contributed by atoms with Crippen LogP contribution in [0.1, 0.15) is 36.7 Å². The minimum atomic E-state index is -3.78. The molecule has 0 heterocycles. The van der Waals surface area contributed by atoms with E-state index >= 15 is 0 Å². The number of anilines is 2. The standard InChI is InChI=1S/C27H30N4O5S/c1-5-36-25-16-14-24(15-17-25)31(37(4,34)35)20(3)26(32)30-29-19(2)22-12-9-13-23(18-22)28-27(33)21-10-7-6-8-11-21/h6-18,20H,5H2,1-4H3,(H,28,33)(H,30,32)/b29-19-/t20-/m0/s1. The van der Waals surface area contributed by atoms with E-state index in [9.17, 15) is 18.0 Å². The highest BCUT2D eigenvalue weighted by Crippen LogP contribution is 2.24. The summed E-state index contributed by atoms with van der Waals surface area (Å²) in [7, 11) is -3.78. The van der Waals surface area contributed by atoms with E-state index in [-0.39, 0.29) is 5.91 Å². The van der Waals surface area contributed by atoms with Crippen molar-refractivity contribution in [3.05, 3.63) is 90.0 Å². The van der Waals surface area contributed by atoms with Crippen molar-refractivity contribution in [3.63, 3.8) is 0 Å². The van der Waals surface area contributed by atoms with Crippen LogP contribution in [0.3, 0.4) is 0 Å². The first-order valence-corrected chi connectivity index (χ1v) is 13.5. The Morgan fingerprint density at radius 1 is 0.973 bits per heavy atom. The van der Waals surface area contributed by atoms with Gasteiger partial charge in [0.05, 0.1) is 24.3 Å². The number of rotatable bonds is 10. The van der Waals surface area contributed by atoms with Gasteiger partial charge in [0.2, 0.25) is 10.0 Å². The molecule has 0 spiro atoms. The molecule has 2 N–H and O–H groups in total. The van der Waals surface area contributed by atoms with Gasteiger partial charge in [-0.25, -0.2) is 13.8 Å². The summed E-state index contributed by atoms with van der Waals surface area (Å²) in [5, 5.41) is 6.99. The molecule has 3 rings (SSSR count). The number of nitrogens with zero attached hydrogens (tertiary/aromatic N) is 2. The van der Waals surface area contributed by atoms with E-state index in [1.54, 1.807) is 79.7 Å². The molecule has 2 amide bonds. The van der Waals surface area contributed by atoms with Crippen LogP contribution in [0, 0.1) is 0 Å². The Kier molecular flexibility index (Phi) is 9.02. The summed E-state index contributed by atoms with van der Waals surface area (Å²) in [5.74, 6) is -0.254. The molecule has 9 nitrogen and oxygen atoms in total. The summed E-state index contributed by atoms with van der Waals surface area (Å²) in [4.78, 5) is 25.3. The number of benzene rings is 3. The van der Waals surface area contributed by atoms with Gasteiger partial charge in [0.15, 0.2) is 0 Å². The van der Waals surface area contributed by atoms with Gasteiger partial charge < -0.3 is 10.1 Å². The van der Waals surface area contributed by atoms with Crippen LogP contribution in [-0.2, 0) is 14.8 Å². The van der Waals surface area contributed by atoms with Crippen molar-refractivity contribution in [2.75, 3.05) is 22.5 Å². The van der Waals surface area contributed by atoms with Gasteiger partial charge >= 0.3 is 0 Å². The number of hydrogen-bond donors (Lipinski definition) is 2. The molecule has 1 atom stereocenters. The first-order valence-electron chi connectivity index (χ1n) is 11.6. The number of hydrogen-bond acceptors (Lipinski definition) is 6. The van der Waals surface area contributed by atoms with Crippen LogP contribution < -0.4 is 19.8 Å². The zero-order valence-electron chi connectivity index (χ0n) is 21.1. The molecular formula is C27H30N4O5S. The van der Waals surface area contributed by atoms with E-state index < -0.39 is 22.0 Å². The summed E-state index contributed by atoms with van der Waals surface area (Å²) in [5.41, 5.74) is 5.03. The highest BCUT2D eigenvalue weighted by molar-refractivity contribution is 7.92. The van der Waals surface area contributed by atoms with Crippen molar-refractivity contribution in [1.29, 1.82) is 0 Å². The van der Waals surface area contributed by atoms with Crippen LogP contribution in [0.15, 0.2) is 84.0 Å². The monoisotopic (exact) mass is 522 g/mol. The highest BCUT2D eigenvalue weighted by Gasteiger charge is 2.29. The minimum Gasteiger partial charge on any atom is -0.494 e. The Morgan fingerprint density at radius 2 is 1.62 bits per heavy atom. The predicted molar refractivity (Wildman–Crippen MR) is 146 cm³/mol. The van der Waals surface area contributed by atoms with Crippen LogP contribution >= 0.6 is 0 Å². The van der Waals surface area contributed by atoms with E-state index in [0.717, 1.165) is 10.6 Å². The third-order valence-electron chi connectivity index (χ3n) is 5.40. The largest absolute Gasteiger partial charge is 0.494 e. The molecular weight excluding hydrogens is 492 g/mol. The lowest BCUT2D eigenvalue weighted by molar-refractivity contribution is -0.121. The number of ether oxygens (including phenoxy) is 1. The number of sulfonamides is 1. The second-order valence-corrected chi connectivity index (χ2v) is 10.1. The molecule has 0 radical (unpaired) electrons. The molecule has 0 aliphatic heterocycles. The molecule has 0 saturated heterocycles. The average Bonchev–Trinajstić information content (AvgIpc) is 2.88. The molecule has 0 aromatic heterocycles. The molecule has 0 saturated carbocycles. The maximum Gasteiger partial charge on any atom is 0.263 e. The molecule has 0 aliphatic carbocycles. The fourth-order valence-electron chi connectivity index (χ4n) is 3.58. The summed E-state index contributed by atoms with van der Waals surface area (Å²) >= 11 is 0. The van der Waals surface area contributed by atoms with Gasteiger partial charge in [-0.2, -0.15) is 5.10 Å². The Bertz CT molecular complexity index is 1370. The number of carbonyl (C=O) groups excluding carboxylic acids is 2. The van der Waals surface area contributed by atoms with Crippen molar-refractivity contribution in [1.82, 2.24) is 5.43 Å². The second-order valence-electron chi connectivity index (χ2n) is 8.24. The van der Waals surface area contributed by atoms with Crippen LogP contribution in [-0.4, -0.2) is 44.8 Å². The second kappa shape index (κ2) is 12.2. The maximum atomic E-state index is 12.9. The Hall–Kier alpha value is -4.18. The molecule has 0 aliphatic rings. The molecule has 10 heteroatoms. The maximum absolute atomic E-state index is 12.9. The van der Waals surface area contributed by atoms with E-state index in [1.807, 2.05) is 13.0 Å². The fourth-order valence-corrected chi connectivity index (χ4v) is 4.75. The van der Waals surface area contributed by atoms with Crippen LogP contribution in [0.2, 0.25) is 0 Å². The number of nitrogens with one attached hydrogen (secondary N) is 2. The van der Waals surface area contributed by atoms with Gasteiger partial charge in [-0.05, 0) is 74.9 Å². The number of hydrazone groups is 1. The Balaban J connectivity index is 1.72. The molecule has 194 valence electrons. The van der Waals surface area contributed by atoms with Crippen LogP contribution in [0.25, 0.3) is 0 Å². The number of carbonyl (C=O) groups is 2. The lowest BCUT2D eigenvalue weighted by atomic mass is 10.1. The van der Waals surface area contributed by atoms with Crippen LogP contribution in [0.5, 0.6) is 5.75 Å². The van der Waals surface area contributed by atoms with Gasteiger partial charge in [-0.1, -0.05) is 30.3 Å². The fraction of sp³-hybridized carbons (Fsp3) is 0.222. The number of amides is 2. The third-order valence-corrected chi connectivity index (χ3v) is 6.64. The van der Waals surface area contributed by atoms with Gasteiger partial charge in [-0.15, -0.1) is 0 Å².